The van der Waals surface area contributed by atoms with Gasteiger partial charge in [0.05, 0.1) is 16.8 Å². The number of halogens is 1. The Kier molecular flexibility index (Phi) is 3.59. The fourth-order valence-corrected chi connectivity index (χ4v) is 2.39. The topological polar surface area (TPSA) is 42.0 Å². The lowest BCUT2D eigenvalue weighted by Gasteiger charge is -2.09. The van der Waals surface area contributed by atoms with Crippen molar-refractivity contribution < 1.29 is 4.79 Å². The summed E-state index contributed by atoms with van der Waals surface area (Å²) in [5.41, 5.74) is 3.09. The molecule has 3 nitrogen and oxygen atoms in total. The number of pyridine rings is 1. The van der Waals surface area contributed by atoms with Gasteiger partial charge in [-0.3, -0.25) is 4.79 Å². The van der Waals surface area contributed by atoms with E-state index in [9.17, 15) is 4.79 Å². The van der Waals surface area contributed by atoms with Crippen LogP contribution in [-0.4, -0.2) is 17.9 Å². The molecule has 3 aromatic rings. The van der Waals surface area contributed by atoms with Crippen LogP contribution in [-0.2, 0) is 0 Å². The van der Waals surface area contributed by atoms with E-state index in [0.717, 1.165) is 22.2 Å². The van der Waals surface area contributed by atoms with E-state index < -0.39 is 0 Å². The summed E-state index contributed by atoms with van der Waals surface area (Å²) in [7, 11) is 1.62. The number of rotatable bonds is 2. The summed E-state index contributed by atoms with van der Waals surface area (Å²) < 4.78 is 0. The maximum atomic E-state index is 12.1. The molecule has 0 atom stereocenters. The zero-order valence-corrected chi connectivity index (χ0v) is 12.2. The summed E-state index contributed by atoms with van der Waals surface area (Å²) >= 11 is 5.91. The monoisotopic (exact) mass is 296 g/mol. The molecule has 1 heterocycles. The summed E-state index contributed by atoms with van der Waals surface area (Å²) in [5.74, 6) is -0.121. The van der Waals surface area contributed by atoms with Gasteiger partial charge >= 0.3 is 0 Å². The van der Waals surface area contributed by atoms with Crippen LogP contribution >= 0.6 is 11.6 Å². The van der Waals surface area contributed by atoms with Crippen molar-refractivity contribution in [3.05, 3.63) is 65.2 Å². The Morgan fingerprint density at radius 3 is 2.52 bits per heavy atom. The van der Waals surface area contributed by atoms with Crippen molar-refractivity contribution in [1.82, 2.24) is 10.3 Å². The third-order valence-electron chi connectivity index (χ3n) is 3.33. The maximum absolute atomic E-state index is 12.1. The normalized spacial score (nSPS) is 10.6. The van der Waals surface area contributed by atoms with Gasteiger partial charge in [0.2, 0.25) is 0 Å². The predicted molar refractivity (Wildman–Crippen MR) is 85.6 cm³/mol. The fraction of sp³-hybridized carbons (Fsp3) is 0.0588. The molecule has 4 heteroatoms. The molecular formula is C17H13ClN2O. The molecule has 21 heavy (non-hydrogen) atoms. The van der Waals surface area contributed by atoms with Crippen molar-refractivity contribution in [3.8, 4) is 11.3 Å². The van der Waals surface area contributed by atoms with Crippen molar-refractivity contribution in [2.45, 2.75) is 0 Å². The Morgan fingerprint density at radius 2 is 1.81 bits per heavy atom. The first kappa shape index (κ1) is 13.6. The largest absolute Gasteiger partial charge is 0.355 e. The summed E-state index contributed by atoms with van der Waals surface area (Å²) in [6.45, 7) is 0. The van der Waals surface area contributed by atoms with Gasteiger partial charge in [-0.05, 0) is 24.3 Å². The minimum atomic E-state index is -0.121. The first-order valence-corrected chi connectivity index (χ1v) is 6.94. The van der Waals surface area contributed by atoms with Crippen LogP contribution in [0.1, 0.15) is 10.4 Å². The second-order valence-electron chi connectivity index (χ2n) is 4.66. The molecule has 1 N–H and O–H groups in total. The molecule has 0 aliphatic carbocycles. The van der Waals surface area contributed by atoms with Gasteiger partial charge < -0.3 is 5.32 Å². The zero-order chi connectivity index (χ0) is 14.8. The highest BCUT2D eigenvalue weighted by molar-refractivity contribution is 6.30. The van der Waals surface area contributed by atoms with Gasteiger partial charge in [0.15, 0.2) is 0 Å². The Morgan fingerprint density at radius 1 is 1.10 bits per heavy atom. The van der Waals surface area contributed by atoms with E-state index >= 15 is 0 Å². The van der Waals surface area contributed by atoms with Crippen molar-refractivity contribution in [3.63, 3.8) is 0 Å². The Bertz CT molecular complexity index is 813. The SMILES string of the molecule is CNC(=O)c1cc(-c2ccc(Cl)cc2)nc2ccccc12. The van der Waals surface area contributed by atoms with Crippen LogP contribution in [0.5, 0.6) is 0 Å². The molecule has 3 rings (SSSR count). The van der Waals surface area contributed by atoms with Crippen LogP contribution in [0, 0.1) is 0 Å². The van der Waals surface area contributed by atoms with Crippen LogP contribution in [0.15, 0.2) is 54.6 Å². The number of fused-ring (bicyclic) bond motifs is 1. The first-order valence-electron chi connectivity index (χ1n) is 6.57. The van der Waals surface area contributed by atoms with Crippen molar-refractivity contribution in [1.29, 1.82) is 0 Å². The number of nitrogens with zero attached hydrogens (tertiary/aromatic N) is 1. The van der Waals surface area contributed by atoms with Gasteiger partial charge in [0.1, 0.15) is 0 Å². The number of aromatic nitrogens is 1. The molecule has 0 saturated heterocycles. The number of carbonyl (C=O) groups excluding carboxylic acids is 1. The van der Waals surface area contributed by atoms with Gasteiger partial charge in [0.25, 0.3) is 5.91 Å². The number of benzene rings is 2. The third kappa shape index (κ3) is 2.60. The van der Waals surface area contributed by atoms with E-state index in [1.165, 1.54) is 0 Å². The number of carbonyl (C=O) groups is 1. The van der Waals surface area contributed by atoms with Crippen LogP contribution in [0.3, 0.4) is 0 Å². The molecule has 0 aliphatic heterocycles. The summed E-state index contributed by atoms with van der Waals surface area (Å²) in [4.78, 5) is 16.7. The van der Waals surface area contributed by atoms with E-state index in [0.29, 0.717) is 10.6 Å². The Balaban J connectivity index is 2.25. The average Bonchev–Trinajstić information content (AvgIpc) is 2.53. The quantitative estimate of drug-likeness (QED) is 0.779. The summed E-state index contributed by atoms with van der Waals surface area (Å²) in [5, 5.41) is 4.19. The van der Waals surface area contributed by atoms with E-state index in [4.69, 9.17) is 11.6 Å². The molecule has 1 amide bonds. The van der Waals surface area contributed by atoms with Crippen LogP contribution in [0.2, 0.25) is 5.02 Å². The number of para-hydroxylation sites is 1. The van der Waals surface area contributed by atoms with Gasteiger partial charge in [-0.1, -0.05) is 41.9 Å². The molecule has 0 fully saturated rings. The summed E-state index contributed by atoms with van der Waals surface area (Å²) in [6, 6.07) is 16.8. The van der Waals surface area contributed by atoms with Crippen LogP contribution in [0.4, 0.5) is 0 Å². The molecule has 0 radical (unpaired) electrons. The second-order valence-corrected chi connectivity index (χ2v) is 5.09. The molecule has 0 saturated carbocycles. The average molecular weight is 297 g/mol. The molecule has 0 aliphatic rings. The van der Waals surface area contributed by atoms with Crippen LogP contribution < -0.4 is 5.32 Å². The lowest BCUT2D eigenvalue weighted by Crippen LogP contribution is -2.18. The maximum Gasteiger partial charge on any atom is 0.251 e. The standard InChI is InChI=1S/C17H13ClN2O/c1-19-17(21)14-10-16(11-6-8-12(18)9-7-11)20-15-5-3-2-4-13(14)15/h2-10H,1H3,(H,19,21). The van der Waals surface area contributed by atoms with Crippen molar-refractivity contribution in [2.75, 3.05) is 7.05 Å². The molecular weight excluding hydrogens is 284 g/mol. The molecule has 2 aromatic carbocycles. The fourth-order valence-electron chi connectivity index (χ4n) is 2.27. The van der Waals surface area contributed by atoms with Crippen LogP contribution in [0.25, 0.3) is 22.2 Å². The number of amides is 1. The zero-order valence-electron chi connectivity index (χ0n) is 11.4. The molecule has 1 aromatic heterocycles. The Hall–Kier alpha value is -2.39. The van der Waals surface area contributed by atoms with E-state index in [2.05, 4.69) is 10.3 Å². The van der Waals surface area contributed by atoms with E-state index in [1.807, 2.05) is 54.6 Å². The van der Waals surface area contributed by atoms with Gasteiger partial charge in [0, 0.05) is 23.0 Å². The molecule has 0 bridgehead atoms. The highest BCUT2D eigenvalue weighted by Gasteiger charge is 2.12. The van der Waals surface area contributed by atoms with E-state index in [1.54, 1.807) is 7.05 Å². The van der Waals surface area contributed by atoms with E-state index in [-0.39, 0.29) is 5.91 Å². The number of hydrogen-bond acceptors (Lipinski definition) is 2. The van der Waals surface area contributed by atoms with Gasteiger partial charge in [-0.2, -0.15) is 0 Å². The Labute approximate surface area is 127 Å². The minimum absolute atomic E-state index is 0.121. The molecule has 0 spiro atoms. The smallest absolute Gasteiger partial charge is 0.251 e. The summed E-state index contributed by atoms with van der Waals surface area (Å²) in [6.07, 6.45) is 0. The highest BCUT2D eigenvalue weighted by atomic mass is 35.5. The number of nitrogens with one attached hydrogen (secondary N) is 1. The van der Waals surface area contributed by atoms with Crippen molar-refractivity contribution >= 4 is 28.4 Å². The lowest BCUT2D eigenvalue weighted by molar-refractivity contribution is 0.0964. The van der Waals surface area contributed by atoms with Gasteiger partial charge in [-0.25, -0.2) is 4.98 Å². The molecule has 104 valence electrons. The lowest BCUT2D eigenvalue weighted by atomic mass is 10.0. The number of hydrogen-bond donors (Lipinski definition) is 1. The molecule has 0 unspecified atom stereocenters. The minimum Gasteiger partial charge on any atom is -0.355 e. The highest BCUT2D eigenvalue weighted by Crippen LogP contribution is 2.25. The van der Waals surface area contributed by atoms with Crippen molar-refractivity contribution in [2.24, 2.45) is 0 Å². The predicted octanol–water partition coefficient (Wildman–Crippen LogP) is 3.91. The second kappa shape index (κ2) is 5.54. The third-order valence-corrected chi connectivity index (χ3v) is 3.58. The van der Waals surface area contributed by atoms with Gasteiger partial charge in [-0.15, -0.1) is 0 Å². The first-order chi connectivity index (χ1) is 10.2.